The van der Waals surface area contributed by atoms with E-state index in [4.69, 9.17) is 28.4 Å². The van der Waals surface area contributed by atoms with Crippen LogP contribution in [-0.2, 0) is 42.8 Å². The zero-order valence-corrected chi connectivity index (χ0v) is 17.6. The van der Waals surface area contributed by atoms with E-state index in [9.17, 15) is 39.9 Å². The Labute approximate surface area is 182 Å². The molecule has 10 atom stereocenters. The minimum absolute atomic E-state index is 0.474. The minimum Gasteiger partial charge on any atom is -0.463 e. The summed E-state index contributed by atoms with van der Waals surface area (Å²) in [5, 5.41) is 51.2. The quantitative estimate of drug-likeness (QED) is 0.180. The summed E-state index contributed by atoms with van der Waals surface area (Å²) in [6, 6.07) is 0. The number of carbonyl (C=O) groups excluding carboxylic acids is 3. The van der Waals surface area contributed by atoms with Crippen LogP contribution in [0, 0.1) is 0 Å². The molecule has 0 saturated carbocycles. The molecule has 14 nitrogen and oxygen atoms in total. The van der Waals surface area contributed by atoms with Crippen molar-refractivity contribution in [2.45, 2.75) is 82.2 Å². The molecule has 0 amide bonds. The lowest BCUT2D eigenvalue weighted by Crippen LogP contribution is -2.65. The fourth-order valence-electron chi connectivity index (χ4n) is 3.19. The van der Waals surface area contributed by atoms with Gasteiger partial charge in [0.2, 0.25) is 6.29 Å². The Hall–Kier alpha value is -1.91. The van der Waals surface area contributed by atoms with Crippen molar-refractivity contribution in [2.75, 3.05) is 13.2 Å². The van der Waals surface area contributed by atoms with Crippen LogP contribution in [0.2, 0.25) is 0 Å². The van der Waals surface area contributed by atoms with Gasteiger partial charge in [-0.05, 0) is 0 Å². The predicted molar refractivity (Wildman–Crippen MR) is 97.3 cm³/mol. The molecule has 0 radical (unpaired) electrons. The molecular weight excluding hydrogens is 440 g/mol. The lowest BCUT2D eigenvalue weighted by Gasteiger charge is -2.45. The van der Waals surface area contributed by atoms with Gasteiger partial charge in [0.25, 0.3) is 0 Å². The van der Waals surface area contributed by atoms with Crippen molar-refractivity contribution in [1.82, 2.24) is 0 Å². The fraction of sp³-hybridized carbons (Fsp3) is 0.833. The molecule has 184 valence electrons. The molecule has 2 aliphatic rings. The lowest BCUT2D eigenvalue weighted by atomic mass is 9.97. The Morgan fingerprint density at radius 3 is 1.69 bits per heavy atom. The predicted octanol–water partition coefficient (Wildman–Crippen LogP) is -3.68. The van der Waals surface area contributed by atoms with Crippen LogP contribution in [0.25, 0.3) is 0 Å². The van der Waals surface area contributed by atoms with E-state index in [1.165, 1.54) is 0 Å². The van der Waals surface area contributed by atoms with Crippen LogP contribution < -0.4 is 0 Å². The highest BCUT2D eigenvalue weighted by Crippen LogP contribution is 2.30. The Balaban J connectivity index is 2.19. The maximum Gasteiger partial charge on any atom is 0.305 e. The van der Waals surface area contributed by atoms with Crippen molar-refractivity contribution >= 4 is 17.9 Å². The van der Waals surface area contributed by atoms with Crippen molar-refractivity contribution in [3.05, 3.63) is 0 Å². The highest BCUT2D eigenvalue weighted by atomic mass is 16.8. The molecule has 5 N–H and O–H groups in total. The molecule has 0 aromatic heterocycles. The van der Waals surface area contributed by atoms with Crippen LogP contribution in [0.5, 0.6) is 0 Å². The number of aliphatic hydroxyl groups is 5. The smallest absolute Gasteiger partial charge is 0.305 e. The Bertz CT molecular complexity index is 670. The number of esters is 3. The monoisotopic (exact) mass is 468 g/mol. The van der Waals surface area contributed by atoms with E-state index < -0.39 is 92.5 Å². The van der Waals surface area contributed by atoms with E-state index in [0.29, 0.717) is 0 Å². The Morgan fingerprint density at radius 2 is 1.16 bits per heavy atom. The van der Waals surface area contributed by atoms with Crippen molar-refractivity contribution in [2.24, 2.45) is 0 Å². The number of carbonyl (C=O) groups is 3. The van der Waals surface area contributed by atoms with Gasteiger partial charge >= 0.3 is 17.9 Å². The molecule has 2 fully saturated rings. The first-order valence-corrected chi connectivity index (χ1v) is 9.73. The minimum atomic E-state index is -1.82. The zero-order valence-electron chi connectivity index (χ0n) is 17.6. The van der Waals surface area contributed by atoms with E-state index in [-0.39, 0.29) is 0 Å². The molecule has 2 aliphatic heterocycles. The van der Waals surface area contributed by atoms with Gasteiger partial charge in [0.15, 0.2) is 6.29 Å². The van der Waals surface area contributed by atoms with Crippen LogP contribution in [0.15, 0.2) is 0 Å². The molecule has 7 unspecified atom stereocenters. The second-order valence-corrected chi connectivity index (χ2v) is 7.35. The molecule has 14 heteroatoms. The third-order valence-electron chi connectivity index (χ3n) is 4.78. The van der Waals surface area contributed by atoms with Crippen molar-refractivity contribution in [3.8, 4) is 0 Å². The third-order valence-corrected chi connectivity index (χ3v) is 4.78. The van der Waals surface area contributed by atoms with Gasteiger partial charge in [-0.1, -0.05) is 0 Å². The molecule has 32 heavy (non-hydrogen) atoms. The van der Waals surface area contributed by atoms with Crippen LogP contribution in [0.3, 0.4) is 0 Å². The molecule has 2 rings (SSSR count). The Morgan fingerprint density at radius 1 is 0.656 bits per heavy atom. The van der Waals surface area contributed by atoms with E-state index in [1.807, 2.05) is 0 Å². The second-order valence-electron chi connectivity index (χ2n) is 7.35. The topological polar surface area (TPSA) is 208 Å². The second kappa shape index (κ2) is 11.3. The van der Waals surface area contributed by atoms with Gasteiger partial charge in [0.1, 0.15) is 62.0 Å². The van der Waals surface area contributed by atoms with E-state index in [1.54, 1.807) is 0 Å². The summed E-state index contributed by atoms with van der Waals surface area (Å²) in [6.45, 7) is 2.31. The molecule has 0 bridgehead atoms. The summed E-state index contributed by atoms with van der Waals surface area (Å²) in [7, 11) is 0. The largest absolute Gasteiger partial charge is 0.463 e. The Kier molecular flexibility index (Phi) is 9.29. The maximum atomic E-state index is 11.2. The number of ether oxygens (including phenoxy) is 6. The van der Waals surface area contributed by atoms with Crippen LogP contribution in [0.4, 0.5) is 0 Å². The van der Waals surface area contributed by atoms with Gasteiger partial charge in [0.05, 0.1) is 0 Å². The van der Waals surface area contributed by atoms with Gasteiger partial charge in [-0.3, -0.25) is 14.4 Å². The molecule has 2 heterocycles. The van der Waals surface area contributed by atoms with E-state index in [0.717, 1.165) is 20.8 Å². The molecule has 0 aromatic carbocycles. The summed E-state index contributed by atoms with van der Waals surface area (Å²) < 4.78 is 30.7. The highest BCUT2D eigenvalue weighted by Gasteiger charge is 2.51. The summed E-state index contributed by atoms with van der Waals surface area (Å²) in [5.74, 6) is -2.20. The first kappa shape index (κ1) is 26.3. The van der Waals surface area contributed by atoms with Gasteiger partial charge < -0.3 is 54.0 Å². The molecule has 0 aromatic rings. The molecule has 0 aliphatic carbocycles. The van der Waals surface area contributed by atoms with Crippen LogP contribution in [-0.4, -0.2) is 118 Å². The van der Waals surface area contributed by atoms with Gasteiger partial charge in [-0.15, -0.1) is 0 Å². The van der Waals surface area contributed by atoms with Crippen molar-refractivity contribution in [3.63, 3.8) is 0 Å². The van der Waals surface area contributed by atoms with Crippen LogP contribution in [0.1, 0.15) is 20.8 Å². The first-order valence-electron chi connectivity index (χ1n) is 9.73. The summed E-state index contributed by atoms with van der Waals surface area (Å²) >= 11 is 0. The first-order chi connectivity index (χ1) is 14.9. The SMILES string of the molecule is CC(=O)OCC1O[C@@H](O[C@@H]2C(COC(C)=O)OC(OC(C)=O)C(O)C2O)C(O)C(O)[C@@H]1O. The molecular formula is C18H28O14. The third kappa shape index (κ3) is 6.55. The number of hydrogen-bond donors (Lipinski definition) is 5. The fourth-order valence-corrected chi connectivity index (χ4v) is 3.19. The summed E-state index contributed by atoms with van der Waals surface area (Å²) in [6.07, 6.45) is -16.2. The van der Waals surface area contributed by atoms with Gasteiger partial charge in [-0.2, -0.15) is 0 Å². The average Bonchev–Trinajstić information content (AvgIpc) is 2.70. The summed E-state index contributed by atoms with van der Waals surface area (Å²) in [5.41, 5.74) is 0. The number of rotatable bonds is 7. The lowest BCUT2D eigenvalue weighted by molar-refractivity contribution is -0.355. The maximum absolute atomic E-state index is 11.2. The number of hydrogen-bond acceptors (Lipinski definition) is 14. The van der Waals surface area contributed by atoms with E-state index in [2.05, 4.69) is 0 Å². The zero-order chi connectivity index (χ0) is 24.2. The van der Waals surface area contributed by atoms with Gasteiger partial charge in [-0.25, -0.2) is 0 Å². The van der Waals surface area contributed by atoms with Crippen molar-refractivity contribution in [1.29, 1.82) is 0 Å². The highest BCUT2D eigenvalue weighted by molar-refractivity contribution is 5.66. The van der Waals surface area contributed by atoms with Crippen molar-refractivity contribution < 1.29 is 68.3 Å². The normalized spacial score (nSPS) is 39.8. The summed E-state index contributed by atoms with van der Waals surface area (Å²) in [4.78, 5) is 33.5. The standard InChI is InChI=1S/C18H28O14/c1-6(19)27-4-9-11(22)12(23)14(25)18(30-9)32-16-10(5-28-7(2)20)31-17(29-8(3)21)15(26)13(16)24/h9-18,22-26H,4-5H2,1-3H3/t9?,10?,11-,12?,13?,14?,15?,16-,17?,18+/m1/s1. The van der Waals surface area contributed by atoms with E-state index >= 15 is 0 Å². The number of aliphatic hydroxyl groups excluding tert-OH is 5. The average molecular weight is 468 g/mol. The molecule has 2 saturated heterocycles. The van der Waals surface area contributed by atoms with Crippen LogP contribution >= 0.6 is 0 Å². The van der Waals surface area contributed by atoms with Gasteiger partial charge in [0, 0.05) is 20.8 Å². The molecule has 0 spiro atoms.